The Balaban J connectivity index is 2.01. The molecule has 2 aromatic heterocycles. The van der Waals surface area contributed by atoms with Gasteiger partial charge in [-0.15, -0.1) is 0 Å². The van der Waals surface area contributed by atoms with Crippen molar-refractivity contribution in [3.8, 4) is 0 Å². The fourth-order valence-corrected chi connectivity index (χ4v) is 1.54. The summed E-state index contributed by atoms with van der Waals surface area (Å²) in [6, 6.07) is 0. The summed E-state index contributed by atoms with van der Waals surface area (Å²) in [5.74, 6) is 0. The van der Waals surface area contributed by atoms with E-state index in [2.05, 4.69) is 22.1 Å². The van der Waals surface area contributed by atoms with Gasteiger partial charge in [0, 0.05) is 37.7 Å². The molecule has 0 fully saturated rings. The Bertz CT molecular complexity index is 494. The molecule has 0 radical (unpaired) electrons. The van der Waals surface area contributed by atoms with Gasteiger partial charge in [-0.3, -0.25) is 4.68 Å². The molecular weight excluding hydrogens is 202 g/mol. The highest BCUT2D eigenvalue weighted by molar-refractivity contribution is 5.45. The standard InChI is InChI=1S/C11H15N5/c1-4-16-7-10(6-13-16)5-12-11-8-15(3)14-9(11)2/h4,6-8,12H,1,5H2,2-3H3. The van der Waals surface area contributed by atoms with Crippen LogP contribution in [0.5, 0.6) is 0 Å². The van der Waals surface area contributed by atoms with E-state index in [1.54, 1.807) is 15.6 Å². The third-order valence-electron chi connectivity index (χ3n) is 2.34. The Kier molecular flexibility index (Phi) is 2.76. The minimum Gasteiger partial charge on any atom is -0.378 e. The highest BCUT2D eigenvalue weighted by Gasteiger charge is 2.02. The molecule has 5 heteroatoms. The molecule has 0 spiro atoms. The number of hydrogen-bond donors (Lipinski definition) is 1. The predicted octanol–water partition coefficient (Wildman–Crippen LogP) is 1.64. The van der Waals surface area contributed by atoms with E-state index in [0.29, 0.717) is 0 Å². The second-order valence-electron chi connectivity index (χ2n) is 3.67. The van der Waals surface area contributed by atoms with Crippen molar-refractivity contribution in [2.24, 2.45) is 7.05 Å². The van der Waals surface area contributed by atoms with Crippen LogP contribution < -0.4 is 5.32 Å². The number of hydrogen-bond acceptors (Lipinski definition) is 3. The van der Waals surface area contributed by atoms with Crippen molar-refractivity contribution in [1.82, 2.24) is 19.6 Å². The van der Waals surface area contributed by atoms with Gasteiger partial charge in [0.25, 0.3) is 0 Å². The van der Waals surface area contributed by atoms with Gasteiger partial charge in [-0.05, 0) is 6.92 Å². The first kappa shape index (κ1) is 10.5. The van der Waals surface area contributed by atoms with Crippen LogP contribution in [0.15, 0.2) is 25.2 Å². The largest absolute Gasteiger partial charge is 0.378 e. The van der Waals surface area contributed by atoms with Gasteiger partial charge in [-0.1, -0.05) is 6.58 Å². The molecule has 1 N–H and O–H groups in total. The second kappa shape index (κ2) is 4.22. The number of nitrogens with one attached hydrogen (secondary N) is 1. The number of rotatable bonds is 4. The highest BCUT2D eigenvalue weighted by Crippen LogP contribution is 2.12. The zero-order valence-corrected chi connectivity index (χ0v) is 9.51. The Labute approximate surface area is 94.4 Å². The highest BCUT2D eigenvalue weighted by atomic mass is 15.3. The topological polar surface area (TPSA) is 47.7 Å². The summed E-state index contributed by atoms with van der Waals surface area (Å²) >= 11 is 0. The van der Waals surface area contributed by atoms with Crippen molar-refractivity contribution in [2.75, 3.05) is 5.32 Å². The number of aromatic nitrogens is 4. The first-order valence-electron chi connectivity index (χ1n) is 5.08. The molecule has 0 saturated heterocycles. The summed E-state index contributed by atoms with van der Waals surface area (Å²) in [5.41, 5.74) is 3.16. The minimum absolute atomic E-state index is 0.736. The monoisotopic (exact) mass is 217 g/mol. The summed E-state index contributed by atoms with van der Waals surface area (Å²) in [7, 11) is 1.91. The van der Waals surface area contributed by atoms with E-state index in [4.69, 9.17) is 0 Å². The van der Waals surface area contributed by atoms with Gasteiger partial charge >= 0.3 is 0 Å². The third-order valence-corrected chi connectivity index (χ3v) is 2.34. The molecule has 0 aromatic carbocycles. The lowest BCUT2D eigenvalue weighted by molar-refractivity contribution is 0.756. The lowest BCUT2D eigenvalue weighted by Crippen LogP contribution is -1.98. The molecule has 2 heterocycles. The van der Waals surface area contributed by atoms with Crippen LogP contribution in [0.1, 0.15) is 11.3 Å². The van der Waals surface area contributed by atoms with E-state index < -0.39 is 0 Å². The van der Waals surface area contributed by atoms with Crippen LogP contribution in [0.2, 0.25) is 0 Å². The zero-order chi connectivity index (χ0) is 11.5. The zero-order valence-electron chi connectivity index (χ0n) is 9.51. The average Bonchev–Trinajstić information content (AvgIpc) is 2.82. The van der Waals surface area contributed by atoms with Crippen LogP contribution in [-0.2, 0) is 13.6 Å². The molecule has 0 bridgehead atoms. The van der Waals surface area contributed by atoms with E-state index in [9.17, 15) is 0 Å². The lowest BCUT2D eigenvalue weighted by Gasteiger charge is -2.01. The molecule has 2 aromatic rings. The smallest absolute Gasteiger partial charge is 0.0825 e. The van der Waals surface area contributed by atoms with Gasteiger partial charge in [0.15, 0.2) is 0 Å². The molecule has 2 rings (SSSR count). The molecule has 0 unspecified atom stereocenters. The van der Waals surface area contributed by atoms with Crippen LogP contribution in [0.4, 0.5) is 5.69 Å². The minimum atomic E-state index is 0.736. The van der Waals surface area contributed by atoms with Crippen molar-refractivity contribution in [3.63, 3.8) is 0 Å². The van der Waals surface area contributed by atoms with Gasteiger partial charge in [0.1, 0.15) is 0 Å². The number of aryl methyl sites for hydroxylation is 2. The van der Waals surface area contributed by atoms with Gasteiger partial charge in [0.2, 0.25) is 0 Å². The molecule has 0 aliphatic heterocycles. The first-order valence-corrected chi connectivity index (χ1v) is 5.08. The lowest BCUT2D eigenvalue weighted by atomic mass is 10.3. The van der Waals surface area contributed by atoms with Gasteiger partial charge in [-0.2, -0.15) is 10.2 Å². The van der Waals surface area contributed by atoms with Crippen LogP contribution in [0.3, 0.4) is 0 Å². The molecule has 16 heavy (non-hydrogen) atoms. The molecule has 0 aliphatic rings. The van der Waals surface area contributed by atoms with E-state index in [-0.39, 0.29) is 0 Å². The average molecular weight is 217 g/mol. The predicted molar refractivity (Wildman–Crippen MR) is 63.9 cm³/mol. The Morgan fingerprint density at radius 2 is 2.31 bits per heavy atom. The fourth-order valence-electron chi connectivity index (χ4n) is 1.54. The maximum atomic E-state index is 4.26. The Morgan fingerprint density at radius 3 is 2.88 bits per heavy atom. The van der Waals surface area contributed by atoms with Crippen molar-refractivity contribution >= 4 is 11.9 Å². The molecule has 0 aliphatic carbocycles. The maximum Gasteiger partial charge on any atom is 0.0825 e. The Morgan fingerprint density at radius 1 is 1.50 bits per heavy atom. The van der Waals surface area contributed by atoms with Gasteiger partial charge in [-0.25, -0.2) is 4.68 Å². The normalized spacial score (nSPS) is 10.4. The molecule has 0 atom stereocenters. The van der Waals surface area contributed by atoms with Crippen molar-refractivity contribution in [1.29, 1.82) is 0 Å². The van der Waals surface area contributed by atoms with Crippen LogP contribution in [0, 0.1) is 6.92 Å². The Hall–Kier alpha value is -2.04. The summed E-state index contributed by atoms with van der Waals surface area (Å²) in [6.07, 6.45) is 7.39. The summed E-state index contributed by atoms with van der Waals surface area (Å²) < 4.78 is 3.48. The molecule has 0 saturated carbocycles. The van der Waals surface area contributed by atoms with E-state index in [0.717, 1.165) is 23.5 Å². The van der Waals surface area contributed by atoms with Crippen molar-refractivity contribution in [2.45, 2.75) is 13.5 Å². The first-order chi connectivity index (χ1) is 7.69. The van der Waals surface area contributed by atoms with Gasteiger partial charge in [0.05, 0.1) is 17.6 Å². The number of anilines is 1. The van der Waals surface area contributed by atoms with E-state index >= 15 is 0 Å². The summed E-state index contributed by atoms with van der Waals surface area (Å²) in [5, 5.41) is 11.7. The summed E-state index contributed by atoms with van der Waals surface area (Å²) in [4.78, 5) is 0. The SMILES string of the molecule is C=Cn1cc(CNc2cn(C)nc2C)cn1. The van der Waals surface area contributed by atoms with Crippen LogP contribution >= 0.6 is 0 Å². The van der Waals surface area contributed by atoms with E-state index in [1.807, 2.05) is 32.6 Å². The maximum absolute atomic E-state index is 4.26. The van der Waals surface area contributed by atoms with E-state index in [1.165, 1.54) is 0 Å². The number of nitrogens with zero attached hydrogens (tertiary/aromatic N) is 4. The van der Waals surface area contributed by atoms with Crippen molar-refractivity contribution in [3.05, 3.63) is 36.4 Å². The molecule has 84 valence electrons. The van der Waals surface area contributed by atoms with Gasteiger partial charge < -0.3 is 5.32 Å². The molecule has 0 amide bonds. The molecule has 5 nitrogen and oxygen atoms in total. The second-order valence-corrected chi connectivity index (χ2v) is 3.67. The molecular formula is C11H15N5. The third kappa shape index (κ3) is 2.13. The van der Waals surface area contributed by atoms with Crippen LogP contribution in [-0.4, -0.2) is 19.6 Å². The fraction of sp³-hybridized carbons (Fsp3) is 0.273. The van der Waals surface area contributed by atoms with Crippen LogP contribution in [0.25, 0.3) is 6.20 Å². The summed E-state index contributed by atoms with van der Waals surface area (Å²) in [6.45, 7) is 6.36. The quantitative estimate of drug-likeness (QED) is 0.846. The van der Waals surface area contributed by atoms with Crippen molar-refractivity contribution < 1.29 is 0 Å².